The molecule has 0 unspecified atom stereocenters. The van der Waals surface area contributed by atoms with Gasteiger partial charge in [-0.2, -0.15) is 0 Å². The van der Waals surface area contributed by atoms with Crippen LogP contribution in [0.15, 0.2) is 47.6 Å². The lowest BCUT2D eigenvalue weighted by molar-refractivity contribution is 0.607. The molecule has 1 fully saturated rings. The number of aromatic nitrogens is 1. The largest absolute Gasteiger partial charge is 0.363 e. The molecule has 5 nitrogen and oxygen atoms in total. The third-order valence-electron chi connectivity index (χ3n) is 4.92. The zero-order chi connectivity index (χ0) is 19.3. The van der Waals surface area contributed by atoms with Gasteiger partial charge in [0.2, 0.25) is 0 Å². The number of hydrogen-bond acceptors (Lipinski definition) is 3. The van der Waals surface area contributed by atoms with Crippen molar-refractivity contribution in [3.8, 4) is 0 Å². The third-order valence-corrected chi connectivity index (χ3v) is 4.92. The van der Waals surface area contributed by atoms with Gasteiger partial charge in [0.1, 0.15) is 11.6 Å². The van der Waals surface area contributed by atoms with Crippen molar-refractivity contribution in [1.82, 2.24) is 15.6 Å². The van der Waals surface area contributed by atoms with E-state index in [2.05, 4.69) is 15.6 Å². The lowest BCUT2D eigenvalue weighted by Crippen LogP contribution is -2.41. The molecule has 1 aliphatic carbocycles. The molecule has 2 aromatic rings. The molecule has 1 aromatic carbocycles. The van der Waals surface area contributed by atoms with E-state index in [9.17, 15) is 4.39 Å². The molecule has 1 aromatic heterocycles. The lowest BCUT2D eigenvalue weighted by Gasteiger charge is -2.19. The van der Waals surface area contributed by atoms with Crippen LogP contribution in [0, 0.1) is 5.82 Å². The molecule has 0 bridgehead atoms. The van der Waals surface area contributed by atoms with Gasteiger partial charge >= 0.3 is 0 Å². The molecule has 3 rings (SSSR count). The van der Waals surface area contributed by atoms with E-state index < -0.39 is 0 Å². The van der Waals surface area contributed by atoms with Gasteiger partial charge in [-0.15, -0.1) is 0 Å². The highest BCUT2D eigenvalue weighted by Crippen LogP contribution is 2.47. The number of guanidine groups is 1. The standard InChI is InChI=1S/C21H28FN5/c1-4-23-20(25-14-16-8-11-24-19(12-16)27(2)3)26-15-21(9-10-21)17-6-5-7-18(22)13-17/h5-8,11-13H,4,9-10,14-15H2,1-3H3,(H2,23,25,26). The first kappa shape index (κ1) is 19.1. The minimum absolute atomic E-state index is 0.0209. The summed E-state index contributed by atoms with van der Waals surface area (Å²) in [5, 5.41) is 6.73. The minimum atomic E-state index is -0.172. The molecule has 0 radical (unpaired) electrons. The van der Waals surface area contributed by atoms with Crippen LogP contribution in [0.5, 0.6) is 0 Å². The van der Waals surface area contributed by atoms with E-state index in [-0.39, 0.29) is 11.2 Å². The average Bonchev–Trinajstić information content (AvgIpc) is 3.45. The number of halogens is 1. The number of nitrogens with one attached hydrogen (secondary N) is 2. The van der Waals surface area contributed by atoms with Crippen molar-refractivity contribution in [1.29, 1.82) is 0 Å². The van der Waals surface area contributed by atoms with Gasteiger partial charge in [0.15, 0.2) is 5.96 Å². The van der Waals surface area contributed by atoms with E-state index >= 15 is 0 Å². The smallest absolute Gasteiger partial charge is 0.191 e. The molecule has 2 N–H and O–H groups in total. The van der Waals surface area contributed by atoms with Crippen LogP contribution < -0.4 is 15.5 Å². The zero-order valence-corrected chi connectivity index (χ0v) is 16.3. The van der Waals surface area contributed by atoms with Crippen molar-refractivity contribution in [3.63, 3.8) is 0 Å². The van der Waals surface area contributed by atoms with E-state index in [4.69, 9.17) is 4.99 Å². The lowest BCUT2D eigenvalue weighted by atomic mass is 9.96. The van der Waals surface area contributed by atoms with Gasteiger partial charge < -0.3 is 15.5 Å². The Morgan fingerprint density at radius 3 is 2.70 bits per heavy atom. The van der Waals surface area contributed by atoms with Gasteiger partial charge in [-0.3, -0.25) is 0 Å². The first-order valence-electron chi connectivity index (χ1n) is 9.43. The second-order valence-electron chi connectivity index (χ2n) is 7.26. The predicted octanol–water partition coefficient (Wildman–Crippen LogP) is 3.07. The first-order chi connectivity index (χ1) is 13.0. The number of nitrogens with zero attached hydrogens (tertiary/aromatic N) is 3. The maximum Gasteiger partial charge on any atom is 0.191 e. The van der Waals surface area contributed by atoms with Crippen molar-refractivity contribution in [2.45, 2.75) is 31.7 Å². The van der Waals surface area contributed by atoms with Gasteiger partial charge in [0.25, 0.3) is 0 Å². The summed E-state index contributed by atoms with van der Waals surface area (Å²) in [6, 6.07) is 11.0. The Bertz CT molecular complexity index is 799. The first-order valence-corrected chi connectivity index (χ1v) is 9.43. The SMILES string of the molecule is CCNC(=NCc1ccnc(N(C)C)c1)NCC1(c2cccc(F)c2)CC1. The summed E-state index contributed by atoms with van der Waals surface area (Å²) < 4.78 is 13.6. The molecular weight excluding hydrogens is 341 g/mol. The second-order valence-corrected chi connectivity index (χ2v) is 7.26. The Balaban J connectivity index is 1.65. The molecule has 1 aliphatic rings. The molecule has 27 heavy (non-hydrogen) atoms. The third kappa shape index (κ3) is 4.96. The molecule has 0 saturated heterocycles. The molecule has 0 atom stereocenters. The van der Waals surface area contributed by atoms with Crippen LogP contribution in [-0.2, 0) is 12.0 Å². The van der Waals surface area contributed by atoms with Crippen molar-refractivity contribution in [2.75, 3.05) is 32.1 Å². The molecule has 1 heterocycles. The van der Waals surface area contributed by atoms with Crippen LogP contribution in [0.3, 0.4) is 0 Å². The summed E-state index contributed by atoms with van der Waals surface area (Å²) in [7, 11) is 3.95. The fourth-order valence-corrected chi connectivity index (χ4v) is 3.11. The zero-order valence-electron chi connectivity index (χ0n) is 16.3. The predicted molar refractivity (Wildman–Crippen MR) is 109 cm³/mol. The monoisotopic (exact) mass is 369 g/mol. The summed E-state index contributed by atoms with van der Waals surface area (Å²) in [4.78, 5) is 11.0. The van der Waals surface area contributed by atoms with Crippen LogP contribution in [-0.4, -0.2) is 38.1 Å². The molecule has 144 valence electrons. The highest BCUT2D eigenvalue weighted by molar-refractivity contribution is 5.80. The summed E-state index contributed by atoms with van der Waals surface area (Å²) in [6.45, 7) is 4.17. The van der Waals surface area contributed by atoms with Crippen LogP contribution >= 0.6 is 0 Å². The number of anilines is 1. The van der Waals surface area contributed by atoms with E-state index in [1.54, 1.807) is 12.1 Å². The Hall–Kier alpha value is -2.63. The second kappa shape index (κ2) is 8.37. The molecule has 0 spiro atoms. The van der Waals surface area contributed by atoms with Crippen LogP contribution in [0.2, 0.25) is 0 Å². The molecule has 0 aliphatic heterocycles. The summed E-state index contributed by atoms with van der Waals surface area (Å²) >= 11 is 0. The van der Waals surface area contributed by atoms with E-state index in [0.717, 1.165) is 48.8 Å². The van der Waals surface area contributed by atoms with Gasteiger partial charge in [-0.05, 0) is 55.2 Å². The van der Waals surface area contributed by atoms with E-state index in [0.29, 0.717) is 6.54 Å². The fourth-order valence-electron chi connectivity index (χ4n) is 3.11. The number of benzene rings is 1. The Labute approximate surface area is 160 Å². The average molecular weight is 369 g/mol. The Morgan fingerprint density at radius 1 is 1.22 bits per heavy atom. The summed E-state index contributed by atoms with van der Waals surface area (Å²) in [5.74, 6) is 1.53. The van der Waals surface area contributed by atoms with Gasteiger partial charge in [-0.25, -0.2) is 14.4 Å². The minimum Gasteiger partial charge on any atom is -0.363 e. The van der Waals surface area contributed by atoms with Crippen LogP contribution in [0.1, 0.15) is 30.9 Å². The number of pyridine rings is 1. The summed E-state index contributed by atoms with van der Waals surface area (Å²) in [5.41, 5.74) is 2.19. The van der Waals surface area contributed by atoms with Gasteiger partial charge in [-0.1, -0.05) is 12.1 Å². The Kier molecular flexibility index (Phi) is 5.94. The summed E-state index contributed by atoms with van der Waals surface area (Å²) in [6.07, 6.45) is 3.95. The van der Waals surface area contributed by atoms with Crippen molar-refractivity contribution in [2.24, 2.45) is 4.99 Å². The normalized spacial score (nSPS) is 15.3. The quantitative estimate of drug-likeness (QED) is 0.582. The topological polar surface area (TPSA) is 52.6 Å². The molecule has 6 heteroatoms. The van der Waals surface area contributed by atoms with E-state index in [1.807, 2.05) is 50.3 Å². The van der Waals surface area contributed by atoms with E-state index in [1.165, 1.54) is 6.07 Å². The molecular formula is C21H28FN5. The highest BCUT2D eigenvalue weighted by Gasteiger charge is 2.44. The Morgan fingerprint density at radius 2 is 2.04 bits per heavy atom. The van der Waals surface area contributed by atoms with Crippen LogP contribution in [0.4, 0.5) is 10.2 Å². The number of aliphatic imine (C=N–C) groups is 1. The highest BCUT2D eigenvalue weighted by atomic mass is 19.1. The fraction of sp³-hybridized carbons (Fsp3) is 0.429. The maximum absolute atomic E-state index is 13.6. The molecule has 1 saturated carbocycles. The van der Waals surface area contributed by atoms with Crippen molar-refractivity contribution < 1.29 is 4.39 Å². The number of hydrogen-bond donors (Lipinski definition) is 2. The van der Waals surface area contributed by atoms with Gasteiger partial charge in [0, 0.05) is 38.8 Å². The van der Waals surface area contributed by atoms with Crippen molar-refractivity contribution >= 4 is 11.8 Å². The van der Waals surface area contributed by atoms with Gasteiger partial charge in [0.05, 0.1) is 6.54 Å². The maximum atomic E-state index is 13.6. The van der Waals surface area contributed by atoms with Crippen LogP contribution in [0.25, 0.3) is 0 Å². The van der Waals surface area contributed by atoms with Crippen molar-refractivity contribution in [3.05, 3.63) is 59.5 Å². The molecule has 0 amide bonds. The number of rotatable bonds is 7.